The number of carbonyl (C=O) groups is 2. The maximum absolute atomic E-state index is 13.0. The maximum Gasteiger partial charge on any atom is 0.417 e. The molecule has 0 bridgehead atoms. The molecule has 1 heterocycles. The van der Waals surface area contributed by atoms with E-state index in [1.807, 2.05) is 6.07 Å². The van der Waals surface area contributed by atoms with Gasteiger partial charge in [-0.3, -0.25) is 20.4 Å². The van der Waals surface area contributed by atoms with Gasteiger partial charge in [-0.2, -0.15) is 13.2 Å². The van der Waals surface area contributed by atoms with Crippen molar-refractivity contribution in [1.82, 2.24) is 10.9 Å². The van der Waals surface area contributed by atoms with Crippen LogP contribution in [-0.2, 0) is 19.0 Å². The summed E-state index contributed by atoms with van der Waals surface area (Å²) in [7, 11) is 0. The molecule has 0 unspecified atom stereocenters. The van der Waals surface area contributed by atoms with E-state index >= 15 is 0 Å². The molecule has 144 valence electrons. The van der Waals surface area contributed by atoms with Gasteiger partial charge in [-0.15, -0.1) is 11.3 Å². The number of nitrogens with one attached hydrogen (secondary N) is 2. The van der Waals surface area contributed by atoms with Crippen LogP contribution in [0.2, 0.25) is 0 Å². The van der Waals surface area contributed by atoms with E-state index < -0.39 is 29.1 Å². The number of thiophene rings is 1. The Morgan fingerprint density at radius 2 is 1.59 bits per heavy atom. The summed E-state index contributed by atoms with van der Waals surface area (Å²) in [6.07, 6.45) is 1.71. The SMILES string of the molecule is O=C(NNC(=O)c1ccccc1C(F)(F)F)c1cc2c(s1)CCCCCC2. The van der Waals surface area contributed by atoms with Crippen molar-refractivity contribution in [3.05, 3.63) is 56.8 Å². The Balaban J connectivity index is 1.68. The third-order valence-corrected chi connectivity index (χ3v) is 5.72. The first-order chi connectivity index (χ1) is 12.9. The lowest BCUT2D eigenvalue weighted by atomic mass is 10.00. The van der Waals surface area contributed by atoms with Crippen molar-refractivity contribution < 1.29 is 22.8 Å². The fourth-order valence-corrected chi connectivity index (χ4v) is 4.28. The molecule has 27 heavy (non-hydrogen) atoms. The Morgan fingerprint density at radius 1 is 0.926 bits per heavy atom. The molecule has 8 heteroatoms. The van der Waals surface area contributed by atoms with E-state index in [1.54, 1.807) is 0 Å². The Hall–Kier alpha value is -2.35. The number of rotatable bonds is 2. The number of benzene rings is 1. The summed E-state index contributed by atoms with van der Waals surface area (Å²) in [6, 6.07) is 6.26. The molecular formula is C19H19F3N2O2S. The molecule has 3 rings (SSSR count). The average Bonchev–Trinajstić information content (AvgIpc) is 3.00. The normalized spacial score (nSPS) is 14.6. The van der Waals surface area contributed by atoms with Crippen molar-refractivity contribution in [2.24, 2.45) is 0 Å². The van der Waals surface area contributed by atoms with E-state index in [0.717, 1.165) is 43.4 Å². The number of halogens is 3. The largest absolute Gasteiger partial charge is 0.417 e. The topological polar surface area (TPSA) is 58.2 Å². The summed E-state index contributed by atoms with van der Waals surface area (Å²) in [6.45, 7) is 0. The highest BCUT2D eigenvalue weighted by atomic mass is 32.1. The van der Waals surface area contributed by atoms with Crippen molar-refractivity contribution in [2.45, 2.75) is 44.7 Å². The molecule has 0 spiro atoms. The van der Waals surface area contributed by atoms with Crippen molar-refractivity contribution in [3.8, 4) is 0 Å². The number of amides is 2. The number of fused-ring (bicyclic) bond motifs is 1. The molecule has 0 atom stereocenters. The van der Waals surface area contributed by atoms with Crippen LogP contribution in [0.1, 0.15) is 61.7 Å². The fraction of sp³-hybridized carbons (Fsp3) is 0.368. The Labute approximate surface area is 158 Å². The molecule has 2 N–H and O–H groups in total. The Morgan fingerprint density at radius 3 is 2.33 bits per heavy atom. The van der Waals surface area contributed by atoms with Crippen LogP contribution in [0, 0.1) is 0 Å². The van der Waals surface area contributed by atoms with Crippen LogP contribution in [0.4, 0.5) is 13.2 Å². The Bertz CT molecular complexity index is 820. The highest BCUT2D eigenvalue weighted by Crippen LogP contribution is 2.32. The first-order valence-corrected chi connectivity index (χ1v) is 9.56. The number of hydrazine groups is 1. The molecule has 2 aromatic rings. The minimum atomic E-state index is -4.65. The van der Waals surface area contributed by atoms with Crippen LogP contribution in [0.15, 0.2) is 30.3 Å². The van der Waals surface area contributed by atoms with E-state index in [0.29, 0.717) is 4.88 Å². The standard InChI is InChI=1S/C19H19F3N2O2S/c20-19(21,22)14-9-6-5-8-13(14)17(25)23-24-18(26)16-11-12-7-3-1-2-4-10-15(12)27-16/h5-6,8-9,11H,1-4,7,10H2,(H,23,25)(H,24,26). The van der Waals surface area contributed by atoms with Crippen molar-refractivity contribution in [1.29, 1.82) is 0 Å². The van der Waals surface area contributed by atoms with Gasteiger partial charge in [0.05, 0.1) is 16.0 Å². The lowest BCUT2D eigenvalue weighted by Crippen LogP contribution is -2.42. The van der Waals surface area contributed by atoms with Gasteiger partial charge in [0.15, 0.2) is 0 Å². The van der Waals surface area contributed by atoms with Gasteiger partial charge in [-0.05, 0) is 49.4 Å². The second kappa shape index (κ2) is 8.12. The summed E-state index contributed by atoms with van der Waals surface area (Å²) in [5.41, 5.74) is 3.87. The lowest BCUT2D eigenvalue weighted by Gasteiger charge is -2.12. The fourth-order valence-electron chi connectivity index (χ4n) is 3.13. The Kier molecular flexibility index (Phi) is 5.84. The second-order valence-corrected chi connectivity index (χ2v) is 7.56. The molecule has 0 aliphatic heterocycles. The van der Waals surface area contributed by atoms with E-state index in [1.165, 1.54) is 41.2 Å². The van der Waals surface area contributed by atoms with Crippen LogP contribution >= 0.6 is 11.3 Å². The zero-order valence-corrected chi connectivity index (χ0v) is 15.3. The van der Waals surface area contributed by atoms with Gasteiger partial charge >= 0.3 is 6.18 Å². The molecule has 1 aliphatic rings. The maximum atomic E-state index is 13.0. The van der Waals surface area contributed by atoms with Gasteiger partial charge in [-0.25, -0.2) is 0 Å². The molecule has 0 radical (unpaired) electrons. The number of carbonyl (C=O) groups excluding carboxylic acids is 2. The average molecular weight is 396 g/mol. The molecule has 0 fully saturated rings. The predicted molar refractivity (Wildman–Crippen MR) is 96.6 cm³/mol. The van der Waals surface area contributed by atoms with Crippen LogP contribution in [0.3, 0.4) is 0 Å². The van der Waals surface area contributed by atoms with Crippen molar-refractivity contribution >= 4 is 23.2 Å². The van der Waals surface area contributed by atoms with Gasteiger partial charge in [0.1, 0.15) is 0 Å². The highest BCUT2D eigenvalue weighted by molar-refractivity contribution is 7.14. The number of alkyl halides is 3. The summed E-state index contributed by atoms with van der Waals surface area (Å²) in [5.74, 6) is -1.53. The van der Waals surface area contributed by atoms with Gasteiger partial charge in [-0.1, -0.05) is 25.0 Å². The van der Waals surface area contributed by atoms with Gasteiger partial charge in [0.25, 0.3) is 11.8 Å². The first kappa shape index (κ1) is 19.4. The van der Waals surface area contributed by atoms with Crippen molar-refractivity contribution in [2.75, 3.05) is 0 Å². The third-order valence-electron chi connectivity index (χ3n) is 4.49. The number of aryl methyl sites for hydroxylation is 2. The summed E-state index contributed by atoms with van der Waals surface area (Å²) >= 11 is 1.38. The quantitative estimate of drug-likeness (QED) is 0.735. The molecule has 0 saturated carbocycles. The van der Waals surface area contributed by atoms with E-state index in [2.05, 4.69) is 10.9 Å². The predicted octanol–water partition coefficient (Wildman–Crippen LogP) is 4.50. The first-order valence-electron chi connectivity index (χ1n) is 8.75. The second-order valence-electron chi connectivity index (χ2n) is 6.42. The van der Waals surface area contributed by atoms with Gasteiger partial charge in [0, 0.05) is 4.88 Å². The summed E-state index contributed by atoms with van der Waals surface area (Å²) < 4.78 is 39.0. The van der Waals surface area contributed by atoms with Crippen LogP contribution < -0.4 is 10.9 Å². The molecule has 2 amide bonds. The molecule has 1 aromatic heterocycles. The monoisotopic (exact) mass is 396 g/mol. The molecule has 1 aromatic carbocycles. The lowest BCUT2D eigenvalue weighted by molar-refractivity contribution is -0.137. The van der Waals surface area contributed by atoms with Crippen LogP contribution in [0.5, 0.6) is 0 Å². The zero-order valence-electron chi connectivity index (χ0n) is 14.5. The zero-order chi connectivity index (χ0) is 19.4. The highest BCUT2D eigenvalue weighted by Gasteiger charge is 2.34. The summed E-state index contributed by atoms with van der Waals surface area (Å²) in [5, 5.41) is 0. The van der Waals surface area contributed by atoms with E-state index in [4.69, 9.17) is 0 Å². The molecular weight excluding hydrogens is 377 g/mol. The van der Waals surface area contributed by atoms with Gasteiger partial charge < -0.3 is 0 Å². The van der Waals surface area contributed by atoms with E-state index in [-0.39, 0.29) is 0 Å². The van der Waals surface area contributed by atoms with Crippen LogP contribution in [-0.4, -0.2) is 11.8 Å². The smallest absolute Gasteiger partial charge is 0.267 e. The van der Waals surface area contributed by atoms with Crippen LogP contribution in [0.25, 0.3) is 0 Å². The molecule has 4 nitrogen and oxygen atoms in total. The van der Waals surface area contributed by atoms with Crippen molar-refractivity contribution in [3.63, 3.8) is 0 Å². The molecule has 0 saturated heterocycles. The summed E-state index contributed by atoms with van der Waals surface area (Å²) in [4.78, 5) is 26.1. The van der Waals surface area contributed by atoms with E-state index in [9.17, 15) is 22.8 Å². The minimum absolute atomic E-state index is 0.450. The number of hydrogen-bond donors (Lipinski definition) is 2. The molecule has 1 aliphatic carbocycles. The third kappa shape index (κ3) is 4.68. The van der Waals surface area contributed by atoms with Gasteiger partial charge in [0.2, 0.25) is 0 Å². The minimum Gasteiger partial charge on any atom is -0.267 e. The number of hydrogen-bond acceptors (Lipinski definition) is 3.